The van der Waals surface area contributed by atoms with Gasteiger partial charge in [0.1, 0.15) is 5.82 Å². The largest absolute Gasteiger partial charge is 0.349 e. The maximum atomic E-state index is 13.9. The van der Waals surface area contributed by atoms with Crippen LogP contribution >= 0.6 is 0 Å². The Hall–Kier alpha value is -1.91. The Kier molecular flexibility index (Phi) is 4.64. The van der Waals surface area contributed by atoms with Gasteiger partial charge in [0, 0.05) is 31.6 Å². The van der Waals surface area contributed by atoms with Crippen molar-refractivity contribution in [2.45, 2.75) is 25.7 Å². The number of carbonyl (C=O) groups excluding carboxylic acids is 2. The first-order chi connectivity index (χ1) is 8.77. The van der Waals surface area contributed by atoms with Crippen LogP contribution in [-0.2, 0) is 15.0 Å². The predicted molar refractivity (Wildman–Crippen MR) is 72.4 cm³/mol. The molecule has 0 aliphatic rings. The highest BCUT2D eigenvalue weighted by Crippen LogP contribution is 2.31. The number of hydrogen-bond donors (Lipinski definition) is 1. The van der Waals surface area contributed by atoms with Gasteiger partial charge in [-0.25, -0.2) is 4.39 Å². The first-order valence-electron chi connectivity index (χ1n) is 5.98. The molecular weight excluding hydrogens is 247 g/mol. The lowest BCUT2D eigenvalue weighted by molar-refractivity contribution is -0.129. The van der Waals surface area contributed by atoms with Crippen LogP contribution in [0.25, 0.3) is 0 Å². The SMILES string of the molecule is CN(C)C(=O)CC(C)(C)c1cc(NC=O)ccc1F. The maximum Gasteiger partial charge on any atom is 0.222 e. The quantitative estimate of drug-likeness (QED) is 0.830. The lowest BCUT2D eigenvalue weighted by atomic mass is 9.80. The molecule has 1 aromatic carbocycles. The Morgan fingerprint density at radius 1 is 1.42 bits per heavy atom. The highest BCUT2D eigenvalue weighted by atomic mass is 19.1. The van der Waals surface area contributed by atoms with E-state index in [2.05, 4.69) is 5.32 Å². The summed E-state index contributed by atoms with van der Waals surface area (Å²) >= 11 is 0. The fourth-order valence-corrected chi connectivity index (χ4v) is 1.83. The lowest BCUT2D eigenvalue weighted by Crippen LogP contribution is -2.31. The second-order valence-electron chi connectivity index (χ2n) is 5.31. The smallest absolute Gasteiger partial charge is 0.222 e. The van der Waals surface area contributed by atoms with Gasteiger partial charge in [0.15, 0.2) is 0 Å². The summed E-state index contributed by atoms with van der Waals surface area (Å²) in [5.74, 6) is -0.453. The van der Waals surface area contributed by atoms with Gasteiger partial charge in [-0.1, -0.05) is 13.8 Å². The van der Waals surface area contributed by atoms with Crippen LogP contribution < -0.4 is 5.32 Å². The molecule has 4 nitrogen and oxygen atoms in total. The minimum Gasteiger partial charge on any atom is -0.349 e. The molecule has 2 amide bonds. The van der Waals surface area contributed by atoms with E-state index in [1.54, 1.807) is 34.0 Å². The summed E-state index contributed by atoms with van der Waals surface area (Å²) in [7, 11) is 3.33. The van der Waals surface area contributed by atoms with Crippen molar-refractivity contribution in [3.05, 3.63) is 29.6 Å². The molecule has 0 saturated heterocycles. The first-order valence-corrected chi connectivity index (χ1v) is 5.98. The minimum atomic E-state index is -0.647. The topological polar surface area (TPSA) is 49.4 Å². The van der Waals surface area contributed by atoms with Crippen molar-refractivity contribution in [2.75, 3.05) is 19.4 Å². The average molecular weight is 266 g/mol. The highest BCUT2D eigenvalue weighted by Gasteiger charge is 2.28. The number of rotatable bonds is 5. The molecule has 1 N–H and O–H groups in total. The summed E-state index contributed by atoms with van der Waals surface area (Å²) in [5.41, 5.74) is 0.276. The molecular formula is C14H19FN2O2. The number of carbonyl (C=O) groups is 2. The van der Waals surface area contributed by atoms with E-state index in [9.17, 15) is 14.0 Å². The maximum absolute atomic E-state index is 13.9. The van der Waals surface area contributed by atoms with Gasteiger partial charge in [0.2, 0.25) is 12.3 Å². The molecule has 0 saturated carbocycles. The van der Waals surface area contributed by atoms with E-state index < -0.39 is 5.41 Å². The van der Waals surface area contributed by atoms with Crippen molar-refractivity contribution in [1.82, 2.24) is 4.90 Å². The average Bonchev–Trinajstić information content (AvgIpc) is 2.31. The molecule has 0 aliphatic carbocycles. The molecule has 0 atom stereocenters. The molecule has 1 aromatic rings. The fourth-order valence-electron chi connectivity index (χ4n) is 1.83. The first kappa shape index (κ1) is 15.1. The minimum absolute atomic E-state index is 0.0712. The van der Waals surface area contributed by atoms with Gasteiger partial charge in [-0.05, 0) is 23.8 Å². The molecule has 0 spiro atoms. The van der Waals surface area contributed by atoms with Crippen molar-refractivity contribution >= 4 is 18.0 Å². The lowest BCUT2D eigenvalue weighted by Gasteiger charge is -2.27. The Morgan fingerprint density at radius 3 is 2.58 bits per heavy atom. The second-order valence-corrected chi connectivity index (χ2v) is 5.31. The molecule has 1 rings (SSSR count). The molecule has 19 heavy (non-hydrogen) atoms. The van der Waals surface area contributed by atoms with E-state index in [4.69, 9.17) is 0 Å². The molecule has 0 bridgehead atoms. The third kappa shape index (κ3) is 3.77. The molecule has 0 aliphatic heterocycles. The standard InChI is InChI=1S/C14H19FN2O2/c1-14(2,8-13(19)17(3)4)11-7-10(16-9-18)5-6-12(11)15/h5-7,9H,8H2,1-4H3,(H,16,18). The fraction of sp³-hybridized carbons (Fsp3) is 0.429. The summed E-state index contributed by atoms with van der Waals surface area (Å²) in [6.45, 7) is 3.61. The third-order valence-corrected chi connectivity index (χ3v) is 3.01. The summed E-state index contributed by atoms with van der Waals surface area (Å²) in [6, 6.07) is 4.34. The molecule has 0 radical (unpaired) electrons. The van der Waals surface area contributed by atoms with E-state index in [1.165, 1.54) is 17.0 Å². The van der Waals surface area contributed by atoms with Gasteiger partial charge in [0.05, 0.1) is 0 Å². The van der Waals surface area contributed by atoms with Crippen LogP contribution in [0.5, 0.6) is 0 Å². The summed E-state index contributed by atoms with van der Waals surface area (Å²) in [6.07, 6.45) is 0.733. The van der Waals surface area contributed by atoms with Crippen LogP contribution in [0, 0.1) is 5.82 Å². The van der Waals surface area contributed by atoms with E-state index in [0.717, 1.165) is 0 Å². The van der Waals surface area contributed by atoms with E-state index in [0.29, 0.717) is 17.7 Å². The van der Waals surface area contributed by atoms with Crippen LogP contribution in [0.1, 0.15) is 25.8 Å². The van der Waals surface area contributed by atoms with E-state index in [-0.39, 0.29) is 18.1 Å². The highest BCUT2D eigenvalue weighted by molar-refractivity contribution is 5.77. The predicted octanol–water partition coefficient (Wildman–Crippen LogP) is 2.15. The zero-order chi connectivity index (χ0) is 14.6. The Labute approximate surface area is 112 Å². The molecule has 0 aromatic heterocycles. The molecule has 104 valence electrons. The van der Waals surface area contributed by atoms with Gasteiger partial charge in [-0.3, -0.25) is 9.59 Å². The van der Waals surface area contributed by atoms with Crippen LogP contribution in [0.2, 0.25) is 0 Å². The molecule has 0 fully saturated rings. The van der Waals surface area contributed by atoms with Crippen LogP contribution in [0.4, 0.5) is 10.1 Å². The zero-order valence-corrected chi connectivity index (χ0v) is 11.7. The number of hydrogen-bond acceptors (Lipinski definition) is 2. The Bertz CT molecular complexity index is 484. The van der Waals surface area contributed by atoms with Crippen molar-refractivity contribution in [3.63, 3.8) is 0 Å². The van der Waals surface area contributed by atoms with E-state index >= 15 is 0 Å². The third-order valence-electron chi connectivity index (χ3n) is 3.01. The number of nitrogens with zero attached hydrogens (tertiary/aromatic N) is 1. The van der Waals surface area contributed by atoms with Crippen LogP contribution in [0.15, 0.2) is 18.2 Å². The van der Waals surface area contributed by atoms with Gasteiger partial charge >= 0.3 is 0 Å². The van der Waals surface area contributed by atoms with Crippen molar-refractivity contribution in [3.8, 4) is 0 Å². The zero-order valence-electron chi connectivity index (χ0n) is 11.7. The normalized spacial score (nSPS) is 11.0. The molecule has 0 unspecified atom stereocenters. The van der Waals surface area contributed by atoms with Gasteiger partial charge in [-0.2, -0.15) is 0 Å². The number of amides is 2. The number of nitrogens with one attached hydrogen (secondary N) is 1. The van der Waals surface area contributed by atoms with Crippen LogP contribution in [-0.4, -0.2) is 31.3 Å². The number of benzene rings is 1. The second kappa shape index (κ2) is 5.82. The van der Waals surface area contributed by atoms with Crippen LogP contribution in [0.3, 0.4) is 0 Å². The van der Waals surface area contributed by atoms with Gasteiger partial charge < -0.3 is 10.2 Å². The van der Waals surface area contributed by atoms with Crippen molar-refractivity contribution in [1.29, 1.82) is 0 Å². The molecule has 5 heteroatoms. The summed E-state index contributed by atoms with van der Waals surface area (Å²) in [4.78, 5) is 23.7. The van der Waals surface area contributed by atoms with Crippen molar-refractivity contribution < 1.29 is 14.0 Å². The molecule has 0 heterocycles. The number of halogens is 1. The summed E-state index contributed by atoms with van der Waals surface area (Å²) in [5, 5.41) is 2.48. The van der Waals surface area contributed by atoms with E-state index in [1.807, 2.05) is 0 Å². The Morgan fingerprint density at radius 2 is 2.05 bits per heavy atom. The Balaban J connectivity index is 3.08. The van der Waals surface area contributed by atoms with Gasteiger partial charge in [-0.15, -0.1) is 0 Å². The monoisotopic (exact) mass is 266 g/mol. The van der Waals surface area contributed by atoms with Gasteiger partial charge in [0.25, 0.3) is 0 Å². The number of anilines is 1. The van der Waals surface area contributed by atoms with Crippen molar-refractivity contribution in [2.24, 2.45) is 0 Å². The summed E-state index contributed by atoms with van der Waals surface area (Å²) < 4.78 is 13.9.